The van der Waals surface area contributed by atoms with Crippen molar-refractivity contribution in [3.05, 3.63) is 65.7 Å². The molecule has 1 N–H and O–H groups in total. The van der Waals surface area contributed by atoms with E-state index in [2.05, 4.69) is 34.5 Å². The molecule has 0 aromatic heterocycles. The maximum absolute atomic E-state index is 12.1. The number of ether oxygens (including phenoxy) is 1. The summed E-state index contributed by atoms with van der Waals surface area (Å²) in [6, 6.07) is 18.5. The fourth-order valence-corrected chi connectivity index (χ4v) is 3.15. The second kappa shape index (κ2) is 7.29. The third-order valence-corrected chi connectivity index (χ3v) is 4.28. The Morgan fingerprint density at radius 3 is 2.70 bits per heavy atom. The summed E-state index contributed by atoms with van der Waals surface area (Å²) in [7, 11) is 1.43. The van der Waals surface area contributed by atoms with Crippen molar-refractivity contribution in [3.8, 4) is 0 Å². The first-order valence-electron chi connectivity index (χ1n) is 7.98. The first-order valence-corrected chi connectivity index (χ1v) is 7.98. The molecule has 1 atom stereocenters. The molecular formula is C19H22N2O2. The van der Waals surface area contributed by atoms with Crippen molar-refractivity contribution in [2.45, 2.75) is 12.5 Å². The topological polar surface area (TPSA) is 41.6 Å². The molecule has 1 heterocycles. The number of piperazine rings is 1. The van der Waals surface area contributed by atoms with Gasteiger partial charge < -0.3 is 15.0 Å². The number of nitrogens with one attached hydrogen (secondary N) is 1. The zero-order valence-corrected chi connectivity index (χ0v) is 13.4. The molecule has 1 aliphatic heterocycles. The van der Waals surface area contributed by atoms with E-state index in [0.717, 1.165) is 31.7 Å². The summed E-state index contributed by atoms with van der Waals surface area (Å²) in [6.07, 6.45) is 0.948. The van der Waals surface area contributed by atoms with Crippen LogP contribution in [0.1, 0.15) is 15.9 Å². The summed E-state index contributed by atoms with van der Waals surface area (Å²) in [5, 5.41) is 3.46. The van der Waals surface area contributed by atoms with Crippen LogP contribution in [0.3, 0.4) is 0 Å². The van der Waals surface area contributed by atoms with Gasteiger partial charge in [0.15, 0.2) is 0 Å². The average molecular weight is 310 g/mol. The van der Waals surface area contributed by atoms with Crippen LogP contribution in [0.25, 0.3) is 0 Å². The summed E-state index contributed by atoms with van der Waals surface area (Å²) in [6.45, 7) is 2.71. The van der Waals surface area contributed by atoms with Crippen LogP contribution >= 0.6 is 0 Å². The van der Waals surface area contributed by atoms with E-state index in [1.807, 2.05) is 30.3 Å². The lowest BCUT2D eigenvalue weighted by atomic mass is 10.0. The largest absolute Gasteiger partial charge is 0.465 e. The van der Waals surface area contributed by atoms with Crippen molar-refractivity contribution in [2.24, 2.45) is 0 Å². The zero-order valence-electron chi connectivity index (χ0n) is 13.4. The minimum Gasteiger partial charge on any atom is -0.465 e. The number of carbonyl (C=O) groups is 1. The number of rotatable bonds is 4. The van der Waals surface area contributed by atoms with E-state index in [9.17, 15) is 4.79 Å². The third kappa shape index (κ3) is 3.54. The highest BCUT2D eigenvalue weighted by Gasteiger charge is 2.26. The molecule has 0 spiro atoms. The average Bonchev–Trinajstić information content (AvgIpc) is 2.62. The van der Waals surface area contributed by atoms with E-state index in [1.54, 1.807) is 0 Å². The molecule has 3 rings (SSSR count). The summed E-state index contributed by atoms with van der Waals surface area (Å²) < 4.78 is 4.94. The summed E-state index contributed by atoms with van der Waals surface area (Å²) in [5.74, 6) is -0.280. The van der Waals surface area contributed by atoms with Crippen LogP contribution in [-0.2, 0) is 11.2 Å². The highest BCUT2D eigenvalue weighted by Crippen LogP contribution is 2.25. The van der Waals surface area contributed by atoms with Gasteiger partial charge in [0.1, 0.15) is 0 Å². The van der Waals surface area contributed by atoms with Crippen molar-refractivity contribution < 1.29 is 9.53 Å². The maximum atomic E-state index is 12.1. The second-order valence-corrected chi connectivity index (χ2v) is 5.75. The van der Waals surface area contributed by atoms with Crippen molar-refractivity contribution in [1.82, 2.24) is 5.32 Å². The fraction of sp³-hybridized carbons (Fsp3) is 0.316. The number of benzene rings is 2. The lowest BCUT2D eigenvalue weighted by molar-refractivity contribution is 0.0601. The molecule has 4 nitrogen and oxygen atoms in total. The van der Waals surface area contributed by atoms with Crippen molar-refractivity contribution in [1.29, 1.82) is 0 Å². The molecule has 1 fully saturated rings. The Kier molecular flexibility index (Phi) is 4.93. The summed E-state index contributed by atoms with van der Waals surface area (Å²) in [4.78, 5) is 14.4. The number of nitrogens with zero attached hydrogens (tertiary/aromatic N) is 1. The Morgan fingerprint density at radius 1 is 1.17 bits per heavy atom. The minimum atomic E-state index is -0.280. The number of hydrogen-bond acceptors (Lipinski definition) is 4. The molecule has 0 saturated carbocycles. The van der Waals surface area contributed by atoms with Gasteiger partial charge in [-0.1, -0.05) is 42.5 Å². The number of carbonyl (C=O) groups excluding carboxylic acids is 1. The molecule has 2 aromatic carbocycles. The predicted molar refractivity (Wildman–Crippen MR) is 91.9 cm³/mol. The predicted octanol–water partition coefficient (Wildman–Crippen LogP) is 2.49. The number of esters is 1. The quantitative estimate of drug-likeness (QED) is 0.881. The van der Waals surface area contributed by atoms with Gasteiger partial charge in [-0.25, -0.2) is 4.79 Å². The number of anilines is 1. The summed E-state index contributed by atoms with van der Waals surface area (Å²) in [5.41, 5.74) is 2.90. The van der Waals surface area contributed by atoms with Crippen LogP contribution in [0.2, 0.25) is 0 Å². The van der Waals surface area contributed by atoms with Crippen LogP contribution < -0.4 is 10.2 Å². The molecule has 2 aromatic rings. The second-order valence-electron chi connectivity index (χ2n) is 5.75. The number of methoxy groups -OCH3 is 1. The van der Waals surface area contributed by atoms with Crippen molar-refractivity contribution >= 4 is 11.7 Å². The Hall–Kier alpha value is -2.33. The smallest absolute Gasteiger partial charge is 0.339 e. The minimum absolute atomic E-state index is 0.280. The molecule has 1 saturated heterocycles. The standard InChI is InChI=1S/C19H22N2O2/c1-23-19(22)17-9-5-6-10-18(17)21-12-11-20-14-16(21)13-15-7-3-2-4-8-15/h2-10,16,20H,11-14H2,1H3/t16-/m1/s1. The molecule has 23 heavy (non-hydrogen) atoms. The van der Waals surface area contributed by atoms with Crippen LogP contribution in [-0.4, -0.2) is 38.8 Å². The lowest BCUT2D eigenvalue weighted by Crippen LogP contribution is -2.52. The van der Waals surface area contributed by atoms with E-state index in [4.69, 9.17) is 4.74 Å². The van der Waals surface area contributed by atoms with Gasteiger partial charge in [0.05, 0.1) is 18.4 Å². The number of hydrogen-bond donors (Lipinski definition) is 1. The van der Waals surface area contributed by atoms with Gasteiger partial charge in [-0.05, 0) is 24.1 Å². The molecule has 0 aliphatic carbocycles. The van der Waals surface area contributed by atoms with E-state index in [-0.39, 0.29) is 5.97 Å². The van der Waals surface area contributed by atoms with Crippen LogP contribution in [0.15, 0.2) is 54.6 Å². The first-order chi connectivity index (χ1) is 11.3. The zero-order chi connectivity index (χ0) is 16.1. The Balaban J connectivity index is 1.88. The maximum Gasteiger partial charge on any atom is 0.339 e. The van der Waals surface area contributed by atoms with Crippen LogP contribution in [0.5, 0.6) is 0 Å². The Labute approximate surface area is 137 Å². The molecule has 0 amide bonds. The van der Waals surface area contributed by atoms with Gasteiger partial charge in [0.25, 0.3) is 0 Å². The molecule has 120 valence electrons. The summed E-state index contributed by atoms with van der Waals surface area (Å²) >= 11 is 0. The molecule has 0 radical (unpaired) electrons. The van der Waals surface area contributed by atoms with E-state index in [0.29, 0.717) is 11.6 Å². The highest BCUT2D eigenvalue weighted by atomic mass is 16.5. The highest BCUT2D eigenvalue weighted by molar-refractivity contribution is 5.95. The fourth-order valence-electron chi connectivity index (χ4n) is 3.15. The van der Waals surface area contributed by atoms with Gasteiger partial charge >= 0.3 is 5.97 Å². The van der Waals surface area contributed by atoms with E-state index < -0.39 is 0 Å². The Morgan fingerprint density at radius 2 is 1.91 bits per heavy atom. The van der Waals surface area contributed by atoms with Crippen LogP contribution in [0, 0.1) is 0 Å². The number of para-hydroxylation sites is 1. The lowest BCUT2D eigenvalue weighted by Gasteiger charge is -2.39. The van der Waals surface area contributed by atoms with Crippen LogP contribution in [0.4, 0.5) is 5.69 Å². The molecule has 0 unspecified atom stereocenters. The Bertz CT molecular complexity index is 657. The van der Waals surface area contributed by atoms with Gasteiger partial charge in [0.2, 0.25) is 0 Å². The van der Waals surface area contributed by atoms with Gasteiger partial charge in [-0.15, -0.1) is 0 Å². The van der Waals surface area contributed by atoms with E-state index >= 15 is 0 Å². The molecule has 1 aliphatic rings. The first kappa shape index (κ1) is 15.6. The third-order valence-electron chi connectivity index (χ3n) is 4.28. The van der Waals surface area contributed by atoms with Gasteiger partial charge in [0, 0.05) is 25.7 Å². The molecular weight excluding hydrogens is 288 g/mol. The van der Waals surface area contributed by atoms with Crippen molar-refractivity contribution in [3.63, 3.8) is 0 Å². The van der Waals surface area contributed by atoms with Gasteiger partial charge in [-0.2, -0.15) is 0 Å². The molecule has 4 heteroatoms. The monoisotopic (exact) mass is 310 g/mol. The molecule has 0 bridgehead atoms. The van der Waals surface area contributed by atoms with E-state index in [1.165, 1.54) is 12.7 Å². The SMILES string of the molecule is COC(=O)c1ccccc1N1CCNC[C@H]1Cc1ccccc1. The van der Waals surface area contributed by atoms with Crippen molar-refractivity contribution in [2.75, 3.05) is 31.6 Å². The van der Waals surface area contributed by atoms with Gasteiger partial charge in [-0.3, -0.25) is 0 Å². The normalized spacial score (nSPS) is 17.8.